The molecule has 1 saturated heterocycles. The van der Waals surface area contributed by atoms with Crippen molar-refractivity contribution in [1.82, 2.24) is 9.80 Å². The minimum atomic E-state index is -1.07. The number of nitro groups is 1. The van der Waals surface area contributed by atoms with Crippen LogP contribution < -0.4 is 0 Å². The van der Waals surface area contributed by atoms with Gasteiger partial charge in [-0.25, -0.2) is 0 Å². The fourth-order valence-electron chi connectivity index (χ4n) is 2.37. The molecule has 0 aromatic rings. The molecule has 0 bridgehead atoms. The second-order valence-electron chi connectivity index (χ2n) is 4.73. The van der Waals surface area contributed by atoms with E-state index in [1.165, 1.54) is 7.11 Å². The van der Waals surface area contributed by atoms with Crippen molar-refractivity contribution < 1.29 is 14.5 Å². The molecule has 0 radical (unpaired) electrons. The van der Waals surface area contributed by atoms with E-state index in [9.17, 15) is 14.9 Å². The molecule has 0 atom stereocenters. The van der Waals surface area contributed by atoms with Crippen LogP contribution in [-0.4, -0.2) is 67.2 Å². The zero-order valence-corrected chi connectivity index (χ0v) is 10.5. The van der Waals surface area contributed by atoms with E-state index in [1.807, 2.05) is 23.9 Å². The monoisotopic (exact) mass is 245 g/mol. The lowest BCUT2D eigenvalue weighted by molar-refractivity contribution is -0.576. The molecule has 17 heavy (non-hydrogen) atoms. The third-order valence-electron chi connectivity index (χ3n) is 3.02. The Balaban J connectivity index is 2.74. The Labute approximate surface area is 100 Å². The maximum Gasteiger partial charge on any atom is 0.305 e. The first-order valence-corrected chi connectivity index (χ1v) is 5.48. The standard InChI is InChI=1S/C10H19N3O4/c1-11-6-10(13(15)16,7-12(2)8-11)5-4-9(14)17-3/h4-8H2,1-3H3. The molecule has 98 valence electrons. The lowest BCUT2D eigenvalue weighted by atomic mass is 9.91. The van der Waals surface area contributed by atoms with Crippen molar-refractivity contribution in [2.24, 2.45) is 0 Å². The molecule has 1 aliphatic heterocycles. The predicted octanol–water partition coefficient (Wildman–Crippen LogP) is -0.210. The average molecular weight is 245 g/mol. The maximum absolute atomic E-state index is 11.3. The van der Waals surface area contributed by atoms with Gasteiger partial charge in [-0.05, 0) is 14.1 Å². The molecule has 0 saturated carbocycles. The highest BCUT2D eigenvalue weighted by Gasteiger charge is 2.47. The first-order chi connectivity index (χ1) is 7.89. The zero-order valence-electron chi connectivity index (χ0n) is 10.5. The van der Waals surface area contributed by atoms with Gasteiger partial charge in [0, 0.05) is 11.3 Å². The van der Waals surface area contributed by atoms with E-state index in [2.05, 4.69) is 4.74 Å². The van der Waals surface area contributed by atoms with E-state index in [0.29, 0.717) is 19.8 Å². The summed E-state index contributed by atoms with van der Waals surface area (Å²) in [5.74, 6) is -0.401. The number of carbonyl (C=O) groups is 1. The molecule has 0 spiro atoms. The van der Waals surface area contributed by atoms with Crippen LogP contribution in [0.2, 0.25) is 0 Å². The van der Waals surface area contributed by atoms with Gasteiger partial charge in [-0.15, -0.1) is 0 Å². The molecule has 1 fully saturated rings. The molecule has 7 heteroatoms. The Bertz CT molecular complexity index is 298. The number of rotatable bonds is 4. The van der Waals surface area contributed by atoms with Crippen LogP contribution in [0, 0.1) is 10.1 Å². The SMILES string of the molecule is COC(=O)CCC1([N+](=O)[O-])CN(C)CN(C)C1. The number of hydrogen-bond donors (Lipinski definition) is 0. The third-order valence-corrected chi connectivity index (χ3v) is 3.02. The Morgan fingerprint density at radius 3 is 2.35 bits per heavy atom. The largest absolute Gasteiger partial charge is 0.469 e. The summed E-state index contributed by atoms with van der Waals surface area (Å²) in [6.45, 7) is 1.43. The van der Waals surface area contributed by atoms with Gasteiger partial charge in [0.05, 0.1) is 33.3 Å². The minimum absolute atomic E-state index is 0.0825. The van der Waals surface area contributed by atoms with Crippen LogP contribution in [0.1, 0.15) is 12.8 Å². The summed E-state index contributed by atoms with van der Waals surface area (Å²) in [5.41, 5.74) is -1.07. The number of carbonyl (C=O) groups excluding carboxylic acids is 1. The van der Waals surface area contributed by atoms with Crippen LogP contribution >= 0.6 is 0 Å². The molecule has 0 unspecified atom stereocenters. The fraction of sp³-hybridized carbons (Fsp3) is 0.900. The second-order valence-corrected chi connectivity index (χ2v) is 4.73. The van der Waals surface area contributed by atoms with Crippen LogP contribution in [-0.2, 0) is 9.53 Å². The van der Waals surface area contributed by atoms with Crippen molar-refractivity contribution in [3.63, 3.8) is 0 Å². The van der Waals surface area contributed by atoms with Gasteiger partial charge in [-0.3, -0.25) is 24.7 Å². The molecule has 0 aliphatic carbocycles. The molecule has 1 aliphatic rings. The highest BCUT2D eigenvalue weighted by molar-refractivity contribution is 5.69. The van der Waals surface area contributed by atoms with Crippen molar-refractivity contribution in [2.75, 3.05) is 41.0 Å². The topological polar surface area (TPSA) is 75.9 Å². The van der Waals surface area contributed by atoms with Gasteiger partial charge in [0.2, 0.25) is 5.54 Å². The van der Waals surface area contributed by atoms with Gasteiger partial charge < -0.3 is 4.74 Å². The summed E-state index contributed by atoms with van der Waals surface area (Å²) in [5, 5.41) is 11.3. The third kappa shape index (κ3) is 3.37. The molecular formula is C10H19N3O4. The zero-order chi connectivity index (χ0) is 13.1. The van der Waals surface area contributed by atoms with Gasteiger partial charge in [0.25, 0.3) is 0 Å². The molecule has 0 aromatic carbocycles. The number of esters is 1. The summed E-state index contributed by atoms with van der Waals surface area (Å²) in [7, 11) is 4.97. The smallest absolute Gasteiger partial charge is 0.305 e. The normalized spacial score (nSPS) is 21.1. The van der Waals surface area contributed by atoms with E-state index >= 15 is 0 Å². The summed E-state index contributed by atoms with van der Waals surface area (Å²) in [6.07, 6.45) is 0.292. The Morgan fingerprint density at radius 2 is 1.94 bits per heavy atom. The number of hydrogen-bond acceptors (Lipinski definition) is 6. The number of nitrogens with zero attached hydrogens (tertiary/aromatic N) is 3. The first kappa shape index (κ1) is 13.9. The quantitative estimate of drug-likeness (QED) is 0.387. The van der Waals surface area contributed by atoms with Crippen molar-refractivity contribution >= 4 is 5.97 Å². The van der Waals surface area contributed by atoms with Crippen molar-refractivity contribution in [1.29, 1.82) is 0 Å². The highest BCUT2D eigenvalue weighted by Crippen LogP contribution is 2.24. The van der Waals surface area contributed by atoms with Gasteiger partial charge in [0.15, 0.2) is 0 Å². The van der Waals surface area contributed by atoms with Crippen molar-refractivity contribution in [3.05, 3.63) is 10.1 Å². The summed E-state index contributed by atoms with van der Waals surface area (Å²) >= 11 is 0. The molecule has 0 N–H and O–H groups in total. The van der Waals surface area contributed by atoms with Crippen LogP contribution in [0.5, 0.6) is 0 Å². The number of methoxy groups -OCH3 is 1. The van der Waals surface area contributed by atoms with Crippen molar-refractivity contribution in [3.8, 4) is 0 Å². The van der Waals surface area contributed by atoms with E-state index in [1.54, 1.807) is 0 Å². The second kappa shape index (κ2) is 5.42. The van der Waals surface area contributed by atoms with Crippen LogP contribution in [0.15, 0.2) is 0 Å². The Kier molecular flexibility index (Phi) is 4.41. The maximum atomic E-state index is 11.3. The molecule has 0 amide bonds. The Hall–Kier alpha value is -1.21. The van der Waals surface area contributed by atoms with E-state index in [-0.39, 0.29) is 17.8 Å². The van der Waals surface area contributed by atoms with E-state index < -0.39 is 11.5 Å². The van der Waals surface area contributed by atoms with Crippen LogP contribution in [0.25, 0.3) is 0 Å². The van der Waals surface area contributed by atoms with Crippen molar-refractivity contribution in [2.45, 2.75) is 18.4 Å². The van der Waals surface area contributed by atoms with Gasteiger partial charge in [-0.1, -0.05) is 0 Å². The van der Waals surface area contributed by atoms with Gasteiger partial charge in [-0.2, -0.15) is 0 Å². The van der Waals surface area contributed by atoms with Crippen LogP contribution in [0.3, 0.4) is 0 Å². The molecule has 0 aromatic heterocycles. The summed E-state index contributed by atoms with van der Waals surface area (Å²) < 4.78 is 4.53. The van der Waals surface area contributed by atoms with E-state index in [0.717, 1.165) is 0 Å². The first-order valence-electron chi connectivity index (χ1n) is 5.48. The minimum Gasteiger partial charge on any atom is -0.469 e. The molecule has 7 nitrogen and oxygen atoms in total. The number of ether oxygens (including phenoxy) is 1. The van der Waals surface area contributed by atoms with E-state index in [4.69, 9.17) is 0 Å². The molecular weight excluding hydrogens is 226 g/mol. The van der Waals surface area contributed by atoms with Crippen LogP contribution in [0.4, 0.5) is 0 Å². The predicted molar refractivity (Wildman–Crippen MR) is 61.1 cm³/mol. The average Bonchev–Trinajstić information content (AvgIpc) is 2.24. The van der Waals surface area contributed by atoms with Gasteiger partial charge >= 0.3 is 5.97 Å². The molecule has 1 rings (SSSR count). The summed E-state index contributed by atoms with van der Waals surface area (Å²) in [6, 6.07) is 0. The summed E-state index contributed by atoms with van der Waals surface area (Å²) in [4.78, 5) is 25.9. The lowest BCUT2D eigenvalue weighted by Gasteiger charge is -2.39. The fourth-order valence-corrected chi connectivity index (χ4v) is 2.37. The Morgan fingerprint density at radius 1 is 1.41 bits per heavy atom. The number of likely N-dealkylation sites (N-methyl/N-ethyl adjacent to an activating group) is 2. The highest BCUT2D eigenvalue weighted by atomic mass is 16.6. The molecule has 1 heterocycles. The lowest BCUT2D eigenvalue weighted by Crippen LogP contribution is -2.61. The van der Waals surface area contributed by atoms with Gasteiger partial charge in [0.1, 0.15) is 0 Å².